The monoisotopic (exact) mass is 330 g/mol. The van der Waals surface area contributed by atoms with Crippen molar-refractivity contribution in [2.75, 3.05) is 50.2 Å². The number of nitrogens with zero attached hydrogens (tertiary/aromatic N) is 5. The molecule has 24 heavy (non-hydrogen) atoms. The van der Waals surface area contributed by atoms with E-state index < -0.39 is 0 Å². The van der Waals surface area contributed by atoms with E-state index in [4.69, 9.17) is 4.74 Å². The smallest absolute Gasteiger partial charge is 0.234 e. The van der Waals surface area contributed by atoms with Gasteiger partial charge >= 0.3 is 0 Å². The van der Waals surface area contributed by atoms with E-state index in [-0.39, 0.29) is 0 Å². The normalized spacial score (nSPS) is 16.1. The van der Waals surface area contributed by atoms with Crippen molar-refractivity contribution in [2.24, 2.45) is 0 Å². The first-order valence-corrected chi connectivity index (χ1v) is 8.07. The fraction of sp³-hybridized carbons (Fsp3) is 0.471. The van der Waals surface area contributed by atoms with E-state index in [0.717, 1.165) is 24.5 Å². The minimum atomic E-state index is 0.603. The van der Waals surface area contributed by atoms with E-state index in [0.29, 0.717) is 30.9 Å². The highest BCUT2D eigenvalue weighted by Gasteiger charge is 2.18. The van der Waals surface area contributed by atoms with Gasteiger partial charge in [-0.2, -0.15) is 15.0 Å². The van der Waals surface area contributed by atoms with Gasteiger partial charge in [-0.15, -0.1) is 0 Å². The molecule has 1 fully saturated rings. The number of anilines is 2. The number of aromatic nitrogens is 3. The van der Waals surface area contributed by atoms with Crippen LogP contribution in [-0.4, -0.2) is 55.4 Å². The van der Waals surface area contributed by atoms with Gasteiger partial charge in [-0.05, 0) is 26.0 Å². The molecule has 0 atom stereocenters. The molecule has 1 aromatic heterocycles. The second kappa shape index (κ2) is 8.44. The van der Waals surface area contributed by atoms with Crippen LogP contribution in [-0.2, 0) is 4.74 Å². The lowest BCUT2D eigenvalue weighted by Crippen LogP contribution is -2.38. The highest BCUT2D eigenvalue weighted by Crippen LogP contribution is 2.19. The average molecular weight is 330 g/mol. The molecule has 0 saturated carbocycles. The van der Waals surface area contributed by atoms with Gasteiger partial charge in [0.15, 0.2) is 0 Å². The summed E-state index contributed by atoms with van der Waals surface area (Å²) in [6.07, 6.45) is 5.76. The first kappa shape index (κ1) is 17.9. The van der Waals surface area contributed by atoms with Gasteiger partial charge < -0.3 is 19.9 Å². The Morgan fingerprint density at radius 1 is 1.29 bits per heavy atom. The molecule has 130 valence electrons. The molecule has 0 amide bonds. The highest BCUT2D eigenvalue weighted by molar-refractivity contribution is 5.50. The maximum atomic E-state index is 5.40. The number of hydrogen-bond donors (Lipinski definition) is 1. The van der Waals surface area contributed by atoms with Crippen LogP contribution < -0.4 is 15.1 Å². The van der Waals surface area contributed by atoms with E-state index in [2.05, 4.69) is 31.7 Å². The van der Waals surface area contributed by atoms with Gasteiger partial charge in [0.1, 0.15) is 5.82 Å². The van der Waals surface area contributed by atoms with Crippen LogP contribution in [0.15, 0.2) is 36.2 Å². The highest BCUT2D eigenvalue weighted by atomic mass is 16.5. The minimum absolute atomic E-state index is 0.603. The minimum Gasteiger partial charge on any atom is -0.386 e. The van der Waals surface area contributed by atoms with Gasteiger partial charge in [0.2, 0.25) is 11.9 Å². The Hall–Kier alpha value is -2.41. The number of likely N-dealkylation sites (N-methyl/N-ethyl adjacent to an activating group) is 2. The maximum absolute atomic E-state index is 5.40. The summed E-state index contributed by atoms with van der Waals surface area (Å²) < 4.78 is 5.40. The van der Waals surface area contributed by atoms with Gasteiger partial charge in [-0.3, -0.25) is 0 Å². The Bertz CT molecular complexity index is 634. The zero-order chi connectivity index (χ0) is 17.5. The molecule has 2 heterocycles. The van der Waals surface area contributed by atoms with Crippen LogP contribution >= 0.6 is 0 Å². The van der Waals surface area contributed by atoms with E-state index >= 15 is 0 Å². The summed E-state index contributed by atoms with van der Waals surface area (Å²) >= 11 is 0. The van der Waals surface area contributed by atoms with Crippen molar-refractivity contribution >= 4 is 11.9 Å². The van der Waals surface area contributed by atoms with Crippen LogP contribution in [0.1, 0.15) is 12.7 Å². The van der Waals surface area contributed by atoms with Crippen LogP contribution in [0, 0.1) is 6.92 Å². The van der Waals surface area contributed by atoms with Crippen LogP contribution in [0.3, 0.4) is 0 Å². The topological polar surface area (TPSA) is 66.4 Å². The molecule has 0 radical (unpaired) electrons. The van der Waals surface area contributed by atoms with Crippen molar-refractivity contribution in [3.8, 4) is 0 Å². The van der Waals surface area contributed by atoms with Crippen molar-refractivity contribution in [3.63, 3.8) is 0 Å². The SMILES string of the molecule is C=C/C(NC)=C(\C=C/C)N(C)c1nc(C)nc(N2CCOCC2)n1. The van der Waals surface area contributed by atoms with Gasteiger partial charge in [-0.25, -0.2) is 0 Å². The van der Waals surface area contributed by atoms with Crippen LogP contribution in [0.2, 0.25) is 0 Å². The van der Waals surface area contributed by atoms with Crippen molar-refractivity contribution in [1.82, 2.24) is 20.3 Å². The second-order valence-corrected chi connectivity index (χ2v) is 5.39. The molecule has 0 spiro atoms. The molecule has 0 aromatic carbocycles. The van der Waals surface area contributed by atoms with E-state index in [9.17, 15) is 0 Å². The summed E-state index contributed by atoms with van der Waals surface area (Å²) in [6.45, 7) is 10.7. The Kier molecular flexibility index (Phi) is 6.31. The molecular weight excluding hydrogens is 304 g/mol. The number of aryl methyl sites for hydroxylation is 1. The number of nitrogens with one attached hydrogen (secondary N) is 1. The fourth-order valence-corrected chi connectivity index (χ4v) is 2.49. The third-order valence-electron chi connectivity index (χ3n) is 3.75. The number of morpholine rings is 1. The Morgan fingerprint density at radius 2 is 2.00 bits per heavy atom. The molecule has 7 nitrogen and oxygen atoms in total. The second-order valence-electron chi connectivity index (χ2n) is 5.39. The molecule has 1 aromatic rings. The molecule has 2 rings (SSSR count). The van der Waals surface area contributed by atoms with Crippen LogP contribution in [0.25, 0.3) is 0 Å². The summed E-state index contributed by atoms with van der Waals surface area (Å²) in [5, 5.41) is 3.15. The average Bonchev–Trinajstić information content (AvgIpc) is 2.61. The Balaban J connectivity index is 2.40. The number of rotatable bonds is 6. The quantitative estimate of drug-likeness (QED) is 0.796. The van der Waals surface area contributed by atoms with Crippen molar-refractivity contribution in [1.29, 1.82) is 0 Å². The lowest BCUT2D eigenvalue weighted by molar-refractivity contribution is 0.122. The maximum Gasteiger partial charge on any atom is 0.234 e. The summed E-state index contributed by atoms with van der Waals surface area (Å²) in [7, 11) is 3.81. The van der Waals surface area contributed by atoms with Crippen LogP contribution in [0.5, 0.6) is 0 Å². The van der Waals surface area contributed by atoms with Gasteiger partial charge in [0, 0.05) is 27.2 Å². The molecule has 1 aliphatic heterocycles. The van der Waals surface area contributed by atoms with Crippen LogP contribution in [0.4, 0.5) is 11.9 Å². The molecule has 0 bridgehead atoms. The molecule has 1 aliphatic rings. The summed E-state index contributed by atoms with van der Waals surface area (Å²) in [4.78, 5) is 17.7. The zero-order valence-corrected chi connectivity index (χ0v) is 14.9. The number of hydrogen-bond acceptors (Lipinski definition) is 7. The summed E-state index contributed by atoms with van der Waals surface area (Å²) in [5.74, 6) is 1.99. The van der Waals surface area contributed by atoms with Crippen molar-refractivity contribution < 1.29 is 4.74 Å². The first-order valence-electron chi connectivity index (χ1n) is 8.07. The van der Waals surface area contributed by atoms with E-state index in [1.54, 1.807) is 6.08 Å². The molecule has 1 N–H and O–H groups in total. The largest absolute Gasteiger partial charge is 0.386 e. The summed E-state index contributed by atoms with van der Waals surface area (Å²) in [6, 6.07) is 0. The predicted molar refractivity (Wildman–Crippen MR) is 97.1 cm³/mol. The van der Waals surface area contributed by atoms with Crippen molar-refractivity contribution in [3.05, 3.63) is 42.0 Å². The third-order valence-corrected chi connectivity index (χ3v) is 3.75. The molecule has 0 aliphatic carbocycles. The first-order chi connectivity index (χ1) is 11.6. The summed E-state index contributed by atoms with van der Waals surface area (Å²) in [5.41, 5.74) is 1.84. The predicted octanol–water partition coefficient (Wildman–Crippen LogP) is 1.65. The molecular formula is C17H26N6O. The lowest BCUT2D eigenvalue weighted by atomic mass is 10.2. The fourth-order valence-electron chi connectivity index (χ4n) is 2.49. The van der Waals surface area contributed by atoms with E-state index in [1.165, 1.54) is 0 Å². The Morgan fingerprint density at radius 3 is 2.58 bits per heavy atom. The Labute approximate surface area is 143 Å². The zero-order valence-electron chi connectivity index (χ0n) is 14.9. The van der Waals surface area contributed by atoms with Gasteiger partial charge in [0.25, 0.3) is 0 Å². The molecule has 0 unspecified atom stereocenters. The number of allylic oxidation sites excluding steroid dienone is 3. The molecule has 1 saturated heterocycles. The van der Waals surface area contributed by atoms with E-state index in [1.807, 2.05) is 45.0 Å². The standard InChI is InChI=1S/C17H26N6O/c1-6-8-15(14(7-2)18-4)22(5)16-19-13(3)20-17(21-16)23-9-11-24-12-10-23/h6-8,18H,2,9-12H2,1,3-5H3/b8-6-,15-14-. The van der Waals surface area contributed by atoms with Gasteiger partial charge in [0.05, 0.1) is 24.6 Å². The third kappa shape index (κ3) is 4.11. The lowest BCUT2D eigenvalue weighted by Gasteiger charge is -2.28. The molecule has 7 heteroatoms. The number of ether oxygens (including phenoxy) is 1. The van der Waals surface area contributed by atoms with Crippen molar-refractivity contribution in [2.45, 2.75) is 13.8 Å². The van der Waals surface area contributed by atoms with Gasteiger partial charge in [-0.1, -0.05) is 12.7 Å².